The molecule has 0 spiro atoms. The number of anilines is 1. The number of aryl methyl sites for hydroxylation is 1. The number of hydrogen-bond acceptors (Lipinski definition) is 1. The molecule has 1 aromatic carbocycles. The van der Waals surface area contributed by atoms with E-state index in [4.69, 9.17) is 11.6 Å². The van der Waals surface area contributed by atoms with Crippen molar-refractivity contribution < 1.29 is 4.39 Å². The molecule has 0 unspecified atom stereocenters. The van der Waals surface area contributed by atoms with Crippen LogP contribution >= 0.6 is 11.6 Å². The molecule has 17 heavy (non-hydrogen) atoms. The maximum absolute atomic E-state index is 13.2. The van der Waals surface area contributed by atoms with Crippen molar-refractivity contribution in [3.8, 4) is 0 Å². The van der Waals surface area contributed by atoms with E-state index in [-0.39, 0.29) is 5.02 Å². The normalized spacial score (nSPS) is 10.5. The Morgan fingerprint density at radius 3 is 2.88 bits per heavy atom. The van der Waals surface area contributed by atoms with Gasteiger partial charge in [-0.2, -0.15) is 0 Å². The first kappa shape index (κ1) is 12.0. The maximum Gasteiger partial charge on any atom is 0.143 e. The molecule has 0 saturated carbocycles. The lowest BCUT2D eigenvalue weighted by Crippen LogP contribution is -2.06. The summed E-state index contributed by atoms with van der Waals surface area (Å²) in [4.78, 5) is 0. The summed E-state index contributed by atoms with van der Waals surface area (Å²) in [6.07, 6.45) is 2.03. The van der Waals surface area contributed by atoms with Crippen LogP contribution in [-0.2, 0) is 13.1 Å². The molecular weight excluding hydrogens is 239 g/mol. The van der Waals surface area contributed by atoms with Gasteiger partial charge >= 0.3 is 0 Å². The number of rotatable bonds is 4. The standard InChI is InChI=1S/C13H14ClFN2/c1-2-17-7-3-4-11(17)9-16-10-5-6-12(14)13(15)8-10/h3-8,16H,2,9H2,1H3. The minimum atomic E-state index is -0.400. The molecule has 0 aliphatic carbocycles. The summed E-state index contributed by atoms with van der Waals surface area (Å²) in [6, 6.07) is 8.77. The molecule has 1 aromatic heterocycles. The monoisotopic (exact) mass is 252 g/mol. The fraction of sp³-hybridized carbons (Fsp3) is 0.231. The molecule has 1 heterocycles. The molecule has 0 bridgehead atoms. The smallest absolute Gasteiger partial charge is 0.143 e. The largest absolute Gasteiger partial charge is 0.379 e. The van der Waals surface area contributed by atoms with E-state index in [1.165, 1.54) is 11.8 Å². The minimum Gasteiger partial charge on any atom is -0.379 e. The number of halogens is 2. The molecule has 2 aromatic rings. The summed E-state index contributed by atoms with van der Waals surface area (Å²) in [5.41, 5.74) is 1.90. The third-order valence-corrected chi connectivity index (χ3v) is 2.96. The highest BCUT2D eigenvalue weighted by Gasteiger charge is 2.02. The molecule has 0 saturated heterocycles. The van der Waals surface area contributed by atoms with Gasteiger partial charge in [-0.25, -0.2) is 4.39 Å². The Hall–Kier alpha value is -1.48. The molecule has 0 aliphatic heterocycles. The predicted octanol–water partition coefficient (Wildman–Crippen LogP) is 3.91. The van der Waals surface area contributed by atoms with E-state index in [9.17, 15) is 4.39 Å². The van der Waals surface area contributed by atoms with Gasteiger partial charge < -0.3 is 9.88 Å². The van der Waals surface area contributed by atoms with Crippen LogP contribution in [0.2, 0.25) is 5.02 Å². The molecule has 0 aliphatic rings. The zero-order valence-corrected chi connectivity index (χ0v) is 10.3. The van der Waals surface area contributed by atoms with Crippen molar-refractivity contribution in [3.63, 3.8) is 0 Å². The Kier molecular flexibility index (Phi) is 3.69. The molecular formula is C13H14ClFN2. The van der Waals surface area contributed by atoms with Gasteiger partial charge in [-0.1, -0.05) is 11.6 Å². The quantitative estimate of drug-likeness (QED) is 0.873. The Labute approximate surface area is 105 Å². The van der Waals surface area contributed by atoms with Crippen molar-refractivity contribution in [2.45, 2.75) is 20.0 Å². The lowest BCUT2D eigenvalue weighted by Gasteiger charge is -2.09. The third kappa shape index (κ3) is 2.80. The second-order valence-electron chi connectivity index (χ2n) is 3.77. The van der Waals surface area contributed by atoms with Crippen LogP contribution in [0.3, 0.4) is 0 Å². The fourth-order valence-electron chi connectivity index (χ4n) is 1.72. The zero-order valence-electron chi connectivity index (χ0n) is 9.58. The van der Waals surface area contributed by atoms with Gasteiger partial charge in [0.1, 0.15) is 5.82 Å². The number of nitrogens with one attached hydrogen (secondary N) is 1. The predicted molar refractivity (Wildman–Crippen MR) is 68.8 cm³/mol. The first-order chi connectivity index (χ1) is 8.20. The lowest BCUT2D eigenvalue weighted by atomic mass is 10.3. The third-order valence-electron chi connectivity index (χ3n) is 2.66. The second-order valence-corrected chi connectivity index (χ2v) is 4.18. The summed E-state index contributed by atoms with van der Waals surface area (Å²) in [6.45, 7) is 3.69. The molecule has 0 fully saturated rings. The highest BCUT2D eigenvalue weighted by Crippen LogP contribution is 2.19. The van der Waals surface area contributed by atoms with Crippen LogP contribution in [0.5, 0.6) is 0 Å². The number of hydrogen-bond donors (Lipinski definition) is 1. The number of nitrogens with zero attached hydrogens (tertiary/aromatic N) is 1. The van der Waals surface area contributed by atoms with Crippen LogP contribution in [0.4, 0.5) is 10.1 Å². The van der Waals surface area contributed by atoms with E-state index in [2.05, 4.69) is 16.8 Å². The van der Waals surface area contributed by atoms with Crippen molar-refractivity contribution in [2.24, 2.45) is 0 Å². The van der Waals surface area contributed by atoms with Gasteiger partial charge in [0.05, 0.1) is 11.6 Å². The molecule has 2 rings (SSSR count). The van der Waals surface area contributed by atoms with Crippen molar-refractivity contribution in [3.05, 3.63) is 53.1 Å². The fourth-order valence-corrected chi connectivity index (χ4v) is 1.83. The average molecular weight is 253 g/mol. The van der Waals surface area contributed by atoms with E-state index in [1.807, 2.05) is 18.3 Å². The van der Waals surface area contributed by atoms with E-state index >= 15 is 0 Å². The van der Waals surface area contributed by atoms with Crippen LogP contribution in [0.25, 0.3) is 0 Å². The van der Waals surface area contributed by atoms with Gasteiger partial charge in [-0.05, 0) is 37.3 Å². The van der Waals surface area contributed by atoms with E-state index < -0.39 is 5.82 Å². The first-order valence-electron chi connectivity index (χ1n) is 5.53. The average Bonchev–Trinajstić information content (AvgIpc) is 2.78. The van der Waals surface area contributed by atoms with Crippen molar-refractivity contribution >= 4 is 17.3 Å². The Balaban J connectivity index is 2.05. The first-order valence-corrected chi connectivity index (χ1v) is 5.91. The van der Waals surface area contributed by atoms with E-state index in [0.717, 1.165) is 12.2 Å². The molecule has 4 heteroatoms. The molecule has 2 nitrogen and oxygen atoms in total. The van der Waals surface area contributed by atoms with Gasteiger partial charge in [-0.3, -0.25) is 0 Å². The minimum absolute atomic E-state index is 0.146. The van der Waals surface area contributed by atoms with Gasteiger partial charge in [0.15, 0.2) is 0 Å². The van der Waals surface area contributed by atoms with Crippen molar-refractivity contribution in [2.75, 3.05) is 5.32 Å². The summed E-state index contributed by atoms with van der Waals surface area (Å²) in [7, 11) is 0. The van der Waals surface area contributed by atoms with Crippen LogP contribution in [0, 0.1) is 5.82 Å². The highest BCUT2D eigenvalue weighted by molar-refractivity contribution is 6.30. The van der Waals surface area contributed by atoms with Crippen molar-refractivity contribution in [1.82, 2.24) is 4.57 Å². The molecule has 0 amide bonds. The summed E-state index contributed by atoms with van der Waals surface area (Å²) >= 11 is 5.62. The van der Waals surface area contributed by atoms with Crippen molar-refractivity contribution in [1.29, 1.82) is 0 Å². The topological polar surface area (TPSA) is 17.0 Å². The molecule has 90 valence electrons. The van der Waals surface area contributed by atoms with Crippen LogP contribution in [-0.4, -0.2) is 4.57 Å². The zero-order chi connectivity index (χ0) is 12.3. The van der Waals surface area contributed by atoms with Crippen LogP contribution < -0.4 is 5.32 Å². The summed E-state index contributed by atoms with van der Waals surface area (Å²) in [5.74, 6) is -0.400. The Morgan fingerprint density at radius 1 is 1.35 bits per heavy atom. The van der Waals surface area contributed by atoms with Gasteiger partial charge in [0, 0.05) is 24.1 Å². The highest BCUT2D eigenvalue weighted by atomic mass is 35.5. The van der Waals surface area contributed by atoms with Crippen LogP contribution in [0.15, 0.2) is 36.5 Å². The Bertz CT molecular complexity index is 508. The lowest BCUT2D eigenvalue weighted by molar-refractivity contribution is 0.628. The van der Waals surface area contributed by atoms with Gasteiger partial charge in [0.2, 0.25) is 0 Å². The van der Waals surface area contributed by atoms with E-state index in [1.54, 1.807) is 12.1 Å². The number of aromatic nitrogens is 1. The number of benzene rings is 1. The molecule has 1 N–H and O–H groups in total. The molecule has 0 atom stereocenters. The van der Waals surface area contributed by atoms with Crippen LogP contribution in [0.1, 0.15) is 12.6 Å². The molecule has 0 radical (unpaired) electrons. The SMILES string of the molecule is CCn1cccc1CNc1ccc(Cl)c(F)c1. The maximum atomic E-state index is 13.2. The summed E-state index contributed by atoms with van der Waals surface area (Å²) < 4.78 is 15.4. The van der Waals surface area contributed by atoms with E-state index in [0.29, 0.717) is 6.54 Å². The Morgan fingerprint density at radius 2 is 2.18 bits per heavy atom. The van der Waals surface area contributed by atoms with Gasteiger partial charge in [0.25, 0.3) is 0 Å². The second kappa shape index (κ2) is 5.23. The van der Waals surface area contributed by atoms with Gasteiger partial charge in [-0.15, -0.1) is 0 Å². The summed E-state index contributed by atoms with van der Waals surface area (Å²) in [5, 5.41) is 3.32.